The molecule has 12 heavy (non-hydrogen) atoms. The minimum atomic E-state index is -2.76. The summed E-state index contributed by atoms with van der Waals surface area (Å²) in [6.45, 7) is 0.894. The van der Waals surface area contributed by atoms with Gasteiger partial charge in [0.25, 0.3) is 5.92 Å². The van der Waals surface area contributed by atoms with E-state index >= 15 is 0 Å². The van der Waals surface area contributed by atoms with Crippen LogP contribution in [0, 0.1) is 3.57 Å². The van der Waals surface area contributed by atoms with Crippen molar-refractivity contribution >= 4 is 38.5 Å². The zero-order valence-electron chi connectivity index (χ0n) is 6.24. The van der Waals surface area contributed by atoms with E-state index in [4.69, 9.17) is 0 Å². The molecular formula is C8H6BrF2I. The van der Waals surface area contributed by atoms with Gasteiger partial charge in [-0.3, -0.25) is 0 Å². The van der Waals surface area contributed by atoms with Crippen LogP contribution in [0.4, 0.5) is 8.78 Å². The molecule has 4 heteroatoms. The molecule has 1 rings (SSSR count). The van der Waals surface area contributed by atoms with Crippen molar-refractivity contribution in [3.63, 3.8) is 0 Å². The molecule has 66 valence electrons. The molecule has 0 spiro atoms. The van der Waals surface area contributed by atoms with Crippen LogP contribution in [0.3, 0.4) is 0 Å². The van der Waals surface area contributed by atoms with Gasteiger partial charge in [0.2, 0.25) is 0 Å². The van der Waals surface area contributed by atoms with E-state index in [0.29, 0.717) is 4.47 Å². The number of benzene rings is 1. The monoisotopic (exact) mass is 346 g/mol. The zero-order chi connectivity index (χ0) is 9.35. The lowest BCUT2D eigenvalue weighted by molar-refractivity contribution is 0.0173. The van der Waals surface area contributed by atoms with Gasteiger partial charge in [-0.1, -0.05) is 15.9 Å². The highest BCUT2D eigenvalue weighted by atomic mass is 127. The first-order valence-corrected chi connectivity index (χ1v) is 5.11. The highest BCUT2D eigenvalue weighted by Crippen LogP contribution is 2.30. The Labute approximate surface area is 91.6 Å². The molecule has 0 fully saturated rings. The van der Waals surface area contributed by atoms with Gasteiger partial charge in [0, 0.05) is 20.5 Å². The molecule has 0 unspecified atom stereocenters. The van der Waals surface area contributed by atoms with E-state index in [-0.39, 0.29) is 5.56 Å². The van der Waals surface area contributed by atoms with Crippen molar-refractivity contribution in [1.29, 1.82) is 0 Å². The van der Waals surface area contributed by atoms with Crippen LogP contribution in [0.5, 0.6) is 0 Å². The van der Waals surface area contributed by atoms with Crippen LogP contribution >= 0.6 is 38.5 Å². The van der Waals surface area contributed by atoms with E-state index in [9.17, 15) is 8.78 Å². The molecule has 0 atom stereocenters. The van der Waals surface area contributed by atoms with Gasteiger partial charge in [0.05, 0.1) is 0 Å². The topological polar surface area (TPSA) is 0 Å². The Hall–Kier alpha value is 0.290. The maximum absolute atomic E-state index is 12.8. The van der Waals surface area contributed by atoms with Gasteiger partial charge in [0.15, 0.2) is 0 Å². The second-order valence-electron chi connectivity index (χ2n) is 2.55. The summed E-state index contributed by atoms with van der Waals surface area (Å²) in [5.41, 5.74) is 0.0428. The SMILES string of the molecule is CC(F)(F)c1cc(Br)cc(I)c1. The largest absolute Gasteiger partial charge is 0.270 e. The Kier molecular flexibility index (Phi) is 3.09. The maximum atomic E-state index is 12.8. The molecular weight excluding hydrogens is 341 g/mol. The number of alkyl halides is 2. The Morgan fingerprint density at radius 1 is 1.33 bits per heavy atom. The molecule has 0 heterocycles. The molecule has 0 radical (unpaired) electrons. The van der Waals surface area contributed by atoms with Crippen molar-refractivity contribution in [3.8, 4) is 0 Å². The Balaban J connectivity index is 3.18. The van der Waals surface area contributed by atoms with E-state index in [0.717, 1.165) is 10.5 Å². The zero-order valence-corrected chi connectivity index (χ0v) is 9.99. The second kappa shape index (κ2) is 3.57. The van der Waals surface area contributed by atoms with E-state index in [1.807, 2.05) is 22.6 Å². The van der Waals surface area contributed by atoms with Gasteiger partial charge in [-0.05, 0) is 40.8 Å². The third kappa shape index (κ3) is 2.65. The van der Waals surface area contributed by atoms with Gasteiger partial charge < -0.3 is 0 Å². The van der Waals surface area contributed by atoms with Crippen LogP contribution in [0.25, 0.3) is 0 Å². The Morgan fingerprint density at radius 2 is 1.92 bits per heavy atom. The predicted octanol–water partition coefficient (Wildman–Crippen LogP) is 4.17. The summed E-state index contributed by atoms with van der Waals surface area (Å²) in [7, 11) is 0. The van der Waals surface area contributed by atoms with Gasteiger partial charge in [-0.25, -0.2) is 8.78 Å². The average Bonchev–Trinajstić information content (AvgIpc) is 1.82. The van der Waals surface area contributed by atoms with E-state index in [1.54, 1.807) is 6.07 Å². The van der Waals surface area contributed by atoms with E-state index in [1.165, 1.54) is 12.1 Å². The van der Waals surface area contributed by atoms with Crippen molar-refractivity contribution in [1.82, 2.24) is 0 Å². The first-order valence-electron chi connectivity index (χ1n) is 3.24. The number of halogens is 4. The Bertz CT molecular complexity index is 273. The van der Waals surface area contributed by atoms with Crippen LogP contribution in [-0.4, -0.2) is 0 Å². The van der Waals surface area contributed by atoms with Crippen LogP contribution in [0.15, 0.2) is 22.7 Å². The second-order valence-corrected chi connectivity index (χ2v) is 4.71. The molecule has 0 aliphatic carbocycles. The lowest BCUT2D eigenvalue weighted by Crippen LogP contribution is -2.06. The van der Waals surface area contributed by atoms with E-state index in [2.05, 4.69) is 15.9 Å². The van der Waals surface area contributed by atoms with Gasteiger partial charge >= 0.3 is 0 Å². The third-order valence-corrected chi connectivity index (χ3v) is 2.45. The molecule has 0 aliphatic rings. The molecule has 1 aromatic carbocycles. The third-order valence-electron chi connectivity index (χ3n) is 1.37. The fraction of sp³-hybridized carbons (Fsp3) is 0.250. The number of hydrogen-bond acceptors (Lipinski definition) is 0. The fourth-order valence-electron chi connectivity index (χ4n) is 0.807. The predicted molar refractivity (Wildman–Crippen MR) is 56.4 cm³/mol. The standard InChI is InChI=1S/C8H6BrF2I/c1-8(10,11)5-2-6(9)4-7(12)3-5/h2-4H,1H3. The highest BCUT2D eigenvalue weighted by Gasteiger charge is 2.24. The first kappa shape index (κ1) is 10.4. The lowest BCUT2D eigenvalue weighted by atomic mass is 10.1. The molecule has 0 saturated carbocycles. The molecule has 0 saturated heterocycles. The van der Waals surface area contributed by atoms with Crippen LogP contribution in [0.1, 0.15) is 12.5 Å². The summed E-state index contributed by atoms with van der Waals surface area (Å²) in [6, 6.07) is 4.70. The molecule has 0 N–H and O–H groups in total. The molecule has 0 aromatic heterocycles. The van der Waals surface area contributed by atoms with Crippen molar-refractivity contribution in [2.45, 2.75) is 12.8 Å². The average molecular weight is 347 g/mol. The molecule has 0 bridgehead atoms. The molecule has 0 aliphatic heterocycles. The maximum Gasteiger partial charge on any atom is 0.270 e. The molecule has 1 aromatic rings. The summed E-state index contributed by atoms with van der Waals surface area (Å²) in [6.07, 6.45) is 0. The molecule has 0 amide bonds. The summed E-state index contributed by atoms with van der Waals surface area (Å²) in [5.74, 6) is -2.76. The lowest BCUT2D eigenvalue weighted by Gasteiger charge is -2.10. The minimum Gasteiger partial charge on any atom is -0.202 e. The molecule has 0 nitrogen and oxygen atoms in total. The fourth-order valence-corrected chi connectivity index (χ4v) is 2.40. The normalized spacial score (nSPS) is 11.8. The number of hydrogen-bond donors (Lipinski definition) is 0. The summed E-state index contributed by atoms with van der Waals surface area (Å²) >= 11 is 5.18. The first-order chi connectivity index (χ1) is 5.39. The van der Waals surface area contributed by atoms with Crippen LogP contribution < -0.4 is 0 Å². The van der Waals surface area contributed by atoms with Crippen LogP contribution in [-0.2, 0) is 5.92 Å². The highest BCUT2D eigenvalue weighted by molar-refractivity contribution is 14.1. The van der Waals surface area contributed by atoms with Crippen molar-refractivity contribution in [3.05, 3.63) is 31.8 Å². The quantitative estimate of drug-likeness (QED) is 0.670. The van der Waals surface area contributed by atoms with Gasteiger partial charge in [-0.2, -0.15) is 0 Å². The van der Waals surface area contributed by atoms with Crippen molar-refractivity contribution < 1.29 is 8.78 Å². The smallest absolute Gasteiger partial charge is 0.202 e. The minimum absolute atomic E-state index is 0.0428. The Morgan fingerprint density at radius 3 is 2.33 bits per heavy atom. The summed E-state index contributed by atoms with van der Waals surface area (Å²) < 4.78 is 27.1. The van der Waals surface area contributed by atoms with Crippen molar-refractivity contribution in [2.24, 2.45) is 0 Å². The van der Waals surface area contributed by atoms with E-state index < -0.39 is 5.92 Å². The summed E-state index contributed by atoms with van der Waals surface area (Å²) in [4.78, 5) is 0. The van der Waals surface area contributed by atoms with Gasteiger partial charge in [0.1, 0.15) is 0 Å². The van der Waals surface area contributed by atoms with Gasteiger partial charge in [-0.15, -0.1) is 0 Å². The van der Waals surface area contributed by atoms with Crippen LogP contribution in [0.2, 0.25) is 0 Å². The number of rotatable bonds is 1. The van der Waals surface area contributed by atoms with Crippen molar-refractivity contribution in [2.75, 3.05) is 0 Å². The summed E-state index contributed by atoms with van der Waals surface area (Å²) in [5, 5.41) is 0.